The first-order chi connectivity index (χ1) is 20.1. The summed E-state index contributed by atoms with van der Waals surface area (Å²) in [5.41, 5.74) is 18.9. The van der Waals surface area contributed by atoms with E-state index in [-0.39, 0.29) is 37.5 Å². The molecule has 2 heterocycles. The molecular formula is C26H36N10O5S. The molecule has 0 saturated carbocycles. The molecule has 3 amide bonds. The number of rotatable bonds is 16. The van der Waals surface area contributed by atoms with E-state index in [1.54, 1.807) is 12.4 Å². The summed E-state index contributed by atoms with van der Waals surface area (Å²) < 4.78 is 0. The maximum Gasteiger partial charge on any atom is 0.326 e. The zero-order valence-corrected chi connectivity index (χ0v) is 23.6. The van der Waals surface area contributed by atoms with Crippen molar-refractivity contribution in [1.82, 2.24) is 30.9 Å². The summed E-state index contributed by atoms with van der Waals surface area (Å²) in [7, 11) is 0. The van der Waals surface area contributed by atoms with Crippen molar-refractivity contribution in [2.45, 2.75) is 49.9 Å². The molecule has 3 rings (SSSR count). The van der Waals surface area contributed by atoms with Crippen LogP contribution < -0.4 is 33.2 Å². The minimum atomic E-state index is -1.26. The molecule has 16 heteroatoms. The fraction of sp³-hybridized carbons (Fsp3) is 0.385. The minimum Gasteiger partial charge on any atom is -0.480 e. The summed E-state index contributed by atoms with van der Waals surface area (Å²) in [5, 5.41) is 18.1. The Labute approximate surface area is 246 Å². The number of guanidine groups is 1. The van der Waals surface area contributed by atoms with Crippen molar-refractivity contribution in [3.63, 3.8) is 0 Å². The number of aliphatic carboxylic acids is 1. The monoisotopic (exact) mass is 600 g/mol. The zero-order valence-electron chi connectivity index (χ0n) is 22.7. The Balaban J connectivity index is 1.73. The molecule has 1 aromatic carbocycles. The number of amides is 3. The van der Waals surface area contributed by atoms with Crippen LogP contribution >= 0.6 is 12.6 Å². The number of nitrogens with zero attached hydrogens (tertiary/aromatic N) is 2. The lowest BCUT2D eigenvalue weighted by Gasteiger charge is -2.24. The number of carbonyl (C=O) groups is 4. The van der Waals surface area contributed by atoms with Crippen LogP contribution in [0.2, 0.25) is 0 Å². The Morgan fingerprint density at radius 2 is 1.67 bits per heavy atom. The van der Waals surface area contributed by atoms with E-state index in [2.05, 4.69) is 48.5 Å². The number of H-pyrrole nitrogens is 2. The SMILES string of the molecule is NC(N)=NCCCC(NC(=O)C(CS)NC(=O)C(Cc1c[nH]c2ccccc12)NC(=O)C(N)Cc1cnc[nH]1)C(=O)O. The van der Waals surface area contributed by atoms with E-state index in [9.17, 15) is 24.3 Å². The maximum absolute atomic E-state index is 13.5. The number of carboxylic acids is 1. The number of benzene rings is 1. The average Bonchev–Trinajstić information content (AvgIpc) is 3.62. The highest BCUT2D eigenvalue weighted by molar-refractivity contribution is 7.80. The third-order valence-electron chi connectivity index (χ3n) is 6.44. The summed E-state index contributed by atoms with van der Waals surface area (Å²) in [6.07, 6.45) is 5.35. The van der Waals surface area contributed by atoms with Gasteiger partial charge in [0.2, 0.25) is 17.7 Å². The molecule has 0 radical (unpaired) electrons. The van der Waals surface area contributed by atoms with Gasteiger partial charge in [-0.3, -0.25) is 19.4 Å². The maximum atomic E-state index is 13.5. The van der Waals surface area contributed by atoms with E-state index in [1.165, 1.54) is 6.33 Å². The van der Waals surface area contributed by atoms with Crippen LogP contribution in [0.5, 0.6) is 0 Å². The second-order valence-corrected chi connectivity index (χ2v) is 9.97. The molecule has 226 valence electrons. The third kappa shape index (κ3) is 9.24. The molecule has 0 saturated heterocycles. The zero-order chi connectivity index (χ0) is 30.6. The molecule has 0 bridgehead atoms. The Morgan fingerprint density at radius 3 is 2.33 bits per heavy atom. The van der Waals surface area contributed by atoms with E-state index >= 15 is 0 Å². The Morgan fingerprint density at radius 1 is 0.976 bits per heavy atom. The molecule has 15 nitrogen and oxygen atoms in total. The van der Waals surface area contributed by atoms with Gasteiger partial charge in [-0.25, -0.2) is 9.78 Å². The first kappa shape index (κ1) is 32.0. The topological polar surface area (TPSA) is 259 Å². The summed E-state index contributed by atoms with van der Waals surface area (Å²) >= 11 is 4.18. The lowest BCUT2D eigenvalue weighted by atomic mass is 10.0. The number of carboxylic acid groups (broad SMARTS) is 1. The van der Waals surface area contributed by atoms with Gasteiger partial charge in [0.25, 0.3) is 0 Å². The van der Waals surface area contributed by atoms with Gasteiger partial charge in [-0.2, -0.15) is 12.6 Å². The van der Waals surface area contributed by atoms with Gasteiger partial charge in [-0.1, -0.05) is 18.2 Å². The van der Waals surface area contributed by atoms with E-state index < -0.39 is 47.9 Å². The van der Waals surface area contributed by atoms with Gasteiger partial charge < -0.3 is 48.2 Å². The standard InChI is InChI=1S/C26H36N10O5S/c27-17(9-15-11-30-13-33-15)22(37)35-20(8-14-10-32-18-5-2-1-4-16(14)18)23(38)36-21(12-42)24(39)34-19(25(40)41)6-3-7-31-26(28)29/h1-2,4-5,10-11,13,17,19-21,32,42H,3,6-9,12,27H2,(H,30,33)(H,34,39)(H,35,37)(H,36,38)(H,40,41)(H4,28,29,31). The predicted octanol–water partition coefficient (Wildman–Crippen LogP) is -1.47. The van der Waals surface area contributed by atoms with Crippen LogP contribution in [-0.4, -0.2) is 86.2 Å². The largest absolute Gasteiger partial charge is 0.480 e. The summed E-state index contributed by atoms with van der Waals surface area (Å²) in [6.45, 7) is 0.187. The van der Waals surface area contributed by atoms with Gasteiger partial charge in [0, 0.05) is 54.1 Å². The van der Waals surface area contributed by atoms with Gasteiger partial charge in [0.05, 0.1) is 12.4 Å². The van der Waals surface area contributed by atoms with Crippen molar-refractivity contribution in [1.29, 1.82) is 0 Å². The van der Waals surface area contributed by atoms with Gasteiger partial charge in [0.15, 0.2) is 5.96 Å². The number of aromatic amines is 2. The second kappa shape index (κ2) is 15.4. The Bertz CT molecular complexity index is 1390. The van der Waals surface area contributed by atoms with Crippen LogP contribution in [0.1, 0.15) is 24.1 Å². The number of nitrogens with two attached hydrogens (primary N) is 3. The number of imidazole rings is 1. The van der Waals surface area contributed by atoms with Crippen LogP contribution in [0.4, 0.5) is 0 Å². The number of aliphatic imine (C=N–C) groups is 1. The number of aromatic nitrogens is 3. The smallest absolute Gasteiger partial charge is 0.326 e. The highest BCUT2D eigenvalue weighted by Gasteiger charge is 2.30. The van der Waals surface area contributed by atoms with Crippen molar-refractivity contribution in [2.75, 3.05) is 12.3 Å². The van der Waals surface area contributed by atoms with Crippen LogP contribution in [0.15, 0.2) is 48.0 Å². The van der Waals surface area contributed by atoms with E-state index in [0.29, 0.717) is 12.1 Å². The molecule has 0 fully saturated rings. The van der Waals surface area contributed by atoms with Crippen molar-refractivity contribution in [3.05, 3.63) is 54.2 Å². The summed E-state index contributed by atoms with van der Waals surface area (Å²) in [6, 6.07) is 2.94. The molecular weight excluding hydrogens is 564 g/mol. The first-order valence-electron chi connectivity index (χ1n) is 13.2. The number of hydrogen-bond acceptors (Lipinski definition) is 8. The molecule has 0 spiro atoms. The number of fused-ring (bicyclic) bond motifs is 1. The lowest BCUT2D eigenvalue weighted by molar-refractivity contribution is -0.142. The van der Waals surface area contributed by atoms with Crippen LogP contribution in [0, 0.1) is 0 Å². The molecule has 42 heavy (non-hydrogen) atoms. The van der Waals surface area contributed by atoms with Gasteiger partial charge in [-0.15, -0.1) is 0 Å². The number of para-hydroxylation sites is 1. The Kier molecular flexibility index (Phi) is 11.7. The molecule has 0 aliphatic heterocycles. The minimum absolute atomic E-state index is 0.0541. The van der Waals surface area contributed by atoms with Gasteiger partial charge in [-0.05, 0) is 24.5 Å². The summed E-state index contributed by atoms with van der Waals surface area (Å²) in [4.78, 5) is 64.9. The second-order valence-electron chi connectivity index (χ2n) is 9.60. The molecule has 0 aliphatic rings. The van der Waals surface area contributed by atoms with Crippen molar-refractivity contribution < 1.29 is 24.3 Å². The fourth-order valence-corrected chi connectivity index (χ4v) is 4.49. The average molecular weight is 601 g/mol. The molecule has 12 N–H and O–H groups in total. The number of nitrogens with one attached hydrogen (secondary N) is 5. The highest BCUT2D eigenvalue weighted by Crippen LogP contribution is 2.19. The quantitative estimate of drug-likeness (QED) is 0.0397. The molecule has 0 aliphatic carbocycles. The van der Waals surface area contributed by atoms with E-state index in [1.807, 2.05) is 24.3 Å². The van der Waals surface area contributed by atoms with Crippen LogP contribution in [0.25, 0.3) is 10.9 Å². The van der Waals surface area contributed by atoms with Gasteiger partial charge in [0.1, 0.15) is 18.1 Å². The van der Waals surface area contributed by atoms with Crippen molar-refractivity contribution in [2.24, 2.45) is 22.2 Å². The number of carbonyl (C=O) groups excluding carboxylic acids is 3. The fourth-order valence-electron chi connectivity index (χ4n) is 4.23. The van der Waals surface area contributed by atoms with E-state index in [0.717, 1.165) is 16.5 Å². The summed E-state index contributed by atoms with van der Waals surface area (Å²) in [5.74, 6) is -3.52. The lowest BCUT2D eigenvalue weighted by Crippen LogP contribution is -2.58. The first-order valence-corrected chi connectivity index (χ1v) is 13.8. The van der Waals surface area contributed by atoms with Gasteiger partial charge >= 0.3 is 5.97 Å². The predicted molar refractivity (Wildman–Crippen MR) is 159 cm³/mol. The van der Waals surface area contributed by atoms with Crippen molar-refractivity contribution in [3.8, 4) is 0 Å². The number of thiol groups is 1. The molecule has 4 atom stereocenters. The third-order valence-corrected chi connectivity index (χ3v) is 6.80. The molecule has 2 aromatic heterocycles. The van der Waals surface area contributed by atoms with E-state index in [4.69, 9.17) is 17.2 Å². The highest BCUT2D eigenvalue weighted by atomic mass is 32.1. The van der Waals surface area contributed by atoms with Crippen LogP contribution in [0.3, 0.4) is 0 Å². The normalized spacial score (nSPS) is 13.9. The Hall–Kier alpha value is -4.57. The molecule has 4 unspecified atom stereocenters. The van der Waals surface area contributed by atoms with Crippen LogP contribution in [-0.2, 0) is 32.0 Å². The number of hydrogen-bond donors (Lipinski definition) is 10. The molecule has 3 aromatic rings. The van der Waals surface area contributed by atoms with Crippen molar-refractivity contribution >= 4 is 53.2 Å².